The van der Waals surface area contributed by atoms with Gasteiger partial charge in [-0.2, -0.15) is 0 Å². The summed E-state index contributed by atoms with van der Waals surface area (Å²) in [4.78, 5) is 3.37. The molecule has 0 amide bonds. The van der Waals surface area contributed by atoms with E-state index < -0.39 is 8.53 Å². The minimum absolute atomic E-state index is 0.0825. The minimum Gasteiger partial charge on any atom is -0.372 e. The molecule has 22 heavy (non-hydrogen) atoms. The van der Waals surface area contributed by atoms with E-state index in [0.717, 1.165) is 12.8 Å². The maximum atomic E-state index is 6.91. The summed E-state index contributed by atoms with van der Waals surface area (Å²) in [7, 11) is -1.17. The van der Waals surface area contributed by atoms with Gasteiger partial charge >= 0.3 is 0 Å². The number of hydrogen-bond acceptors (Lipinski definition) is 4. The van der Waals surface area contributed by atoms with Crippen LogP contribution in [0.15, 0.2) is 0 Å². The van der Waals surface area contributed by atoms with Crippen molar-refractivity contribution in [1.29, 1.82) is 0 Å². The third-order valence-corrected chi connectivity index (χ3v) is 5.82. The summed E-state index contributed by atoms with van der Waals surface area (Å²) in [5.74, 6) is 0. The molecule has 0 radical (unpaired) electrons. The Hall–Kier alpha value is -0.240. The van der Waals surface area contributed by atoms with Crippen LogP contribution in [-0.2, 0) is 13.8 Å². The molecule has 1 saturated heterocycles. The zero-order valence-corrected chi connectivity index (χ0v) is 15.7. The van der Waals surface area contributed by atoms with Crippen LogP contribution in [0.1, 0.15) is 54.4 Å². The van der Waals surface area contributed by atoms with E-state index in [1.807, 2.05) is 0 Å². The Balaban J connectivity index is 2.78. The van der Waals surface area contributed by atoms with E-state index in [4.69, 9.17) is 20.4 Å². The highest BCUT2D eigenvalue weighted by Crippen LogP contribution is 2.49. The molecule has 0 aromatic rings. The van der Waals surface area contributed by atoms with Crippen molar-refractivity contribution >= 4 is 8.53 Å². The molecular formula is C16H31N2O3P. The topological polar surface area (TPSA) is 35.3 Å². The van der Waals surface area contributed by atoms with Gasteiger partial charge in [-0.1, -0.05) is 6.92 Å². The zero-order valence-electron chi connectivity index (χ0n) is 14.8. The van der Waals surface area contributed by atoms with Crippen molar-refractivity contribution in [2.45, 2.75) is 84.8 Å². The smallest absolute Gasteiger partial charge is 0.259 e. The quantitative estimate of drug-likeness (QED) is 0.360. The molecule has 0 saturated carbocycles. The Morgan fingerprint density at radius 3 is 2.45 bits per heavy atom. The first-order chi connectivity index (χ1) is 10.4. The molecule has 1 fully saturated rings. The van der Waals surface area contributed by atoms with Crippen molar-refractivity contribution < 1.29 is 13.8 Å². The van der Waals surface area contributed by atoms with Crippen molar-refractivity contribution in [1.82, 2.24) is 4.67 Å². The minimum atomic E-state index is -1.17. The summed E-state index contributed by atoms with van der Waals surface area (Å²) < 4.78 is 20.5. The fourth-order valence-corrected chi connectivity index (χ4v) is 4.54. The highest BCUT2D eigenvalue weighted by atomic mass is 31.2. The summed E-state index contributed by atoms with van der Waals surface area (Å²) in [6.45, 7) is 20.6. The number of nitrogens with zero attached hydrogens (tertiary/aromatic N) is 2. The molecular weight excluding hydrogens is 299 g/mol. The van der Waals surface area contributed by atoms with E-state index in [1.54, 1.807) is 0 Å². The molecule has 1 unspecified atom stereocenters. The van der Waals surface area contributed by atoms with Gasteiger partial charge in [-0.25, -0.2) is 11.2 Å². The van der Waals surface area contributed by atoms with E-state index in [-0.39, 0.29) is 18.3 Å². The first kappa shape index (κ1) is 19.8. The summed E-state index contributed by atoms with van der Waals surface area (Å²) in [5, 5.41) is 0. The van der Waals surface area contributed by atoms with Crippen LogP contribution >= 0.6 is 8.53 Å². The van der Waals surface area contributed by atoms with E-state index in [0.29, 0.717) is 25.2 Å². The Bertz CT molecular complexity index is 352. The van der Waals surface area contributed by atoms with Gasteiger partial charge in [-0.3, -0.25) is 0 Å². The molecule has 0 bridgehead atoms. The summed E-state index contributed by atoms with van der Waals surface area (Å²) >= 11 is 0. The second-order valence-corrected chi connectivity index (χ2v) is 7.70. The van der Waals surface area contributed by atoms with E-state index in [9.17, 15) is 0 Å². The predicted octanol–water partition coefficient (Wildman–Crippen LogP) is 4.24. The van der Waals surface area contributed by atoms with Crippen molar-refractivity contribution in [2.75, 3.05) is 13.2 Å². The monoisotopic (exact) mass is 330 g/mol. The number of hydrogen-bond donors (Lipinski definition) is 0. The lowest BCUT2D eigenvalue weighted by molar-refractivity contribution is 0.0163. The van der Waals surface area contributed by atoms with Gasteiger partial charge in [0.05, 0.1) is 18.3 Å². The van der Waals surface area contributed by atoms with Gasteiger partial charge in [0.2, 0.25) is 6.54 Å². The van der Waals surface area contributed by atoms with E-state index >= 15 is 0 Å². The van der Waals surface area contributed by atoms with Gasteiger partial charge in [0.15, 0.2) is 0 Å². The molecule has 6 heteroatoms. The SMILES string of the molecule is [C-]#[N+]CCOP(O[C@@H]1C[C@H](C)O[C@@H]1CC)N(C(C)C)C(C)C. The average Bonchev–Trinajstić information content (AvgIpc) is 2.78. The Labute approximate surface area is 137 Å². The second-order valence-electron chi connectivity index (χ2n) is 6.29. The zero-order chi connectivity index (χ0) is 16.7. The van der Waals surface area contributed by atoms with Crippen LogP contribution in [0.4, 0.5) is 0 Å². The van der Waals surface area contributed by atoms with Crippen LogP contribution < -0.4 is 0 Å². The number of ether oxygens (including phenoxy) is 1. The van der Waals surface area contributed by atoms with Crippen molar-refractivity contribution in [2.24, 2.45) is 0 Å². The first-order valence-electron chi connectivity index (χ1n) is 8.27. The highest BCUT2D eigenvalue weighted by Gasteiger charge is 2.38. The lowest BCUT2D eigenvalue weighted by Gasteiger charge is -2.37. The lowest BCUT2D eigenvalue weighted by Crippen LogP contribution is -2.35. The second kappa shape index (κ2) is 9.80. The third kappa shape index (κ3) is 5.76. The highest BCUT2D eigenvalue weighted by molar-refractivity contribution is 7.44. The molecule has 1 heterocycles. The van der Waals surface area contributed by atoms with Crippen LogP contribution in [-0.4, -0.2) is 48.2 Å². The molecule has 1 aliphatic heterocycles. The van der Waals surface area contributed by atoms with Crippen molar-refractivity contribution in [3.8, 4) is 0 Å². The molecule has 128 valence electrons. The largest absolute Gasteiger partial charge is 0.372 e. The van der Waals surface area contributed by atoms with Gasteiger partial charge in [0.1, 0.15) is 6.61 Å². The molecule has 4 atom stereocenters. The van der Waals surface area contributed by atoms with Crippen LogP contribution in [0, 0.1) is 6.57 Å². The molecule has 1 aliphatic rings. The Kier molecular flexibility index (Phi) is 8.82. The molecule has 0 spiro atoms. The molecule has 5 nitrogen and oxygen atoms in total. The lowest BCUT2D eigenvalue weighted by atomic mass is 10.1. The summed E-state index contributed by atoms with van der Waals surface area (Å²) in [5.41, 5.74) is 0. The predicted molar refractivity (Wildman–Crippen MR) is 90.6 cm³/mol. The molecule has 0 N–H and O–H groups in total. The van der Waals surface area contributed by atoms with Crippen LogP contribution in [0.2, 0.25) is 0 Å². The van der Waals surface area contributed by atoms with Gasteiger partial charge in [-0.15, -0.1) is 0 Å². The van der Waals surface area contributed by atoms with Gasteiger partial charge in [0, 0.05) is 18.5 Å². The molecule has 1 rings (SSSR count). The molecule has 0 aromatic carbocycles. The maximum absolute atomic E-state index is 6.91. The summed E-state index contributed by atoms with van der Waals surface area (Å²) in [6, 6.07) is 0.665. The fourth-order valence-electron chi connectivity index (χ4n) is 2.80. The first-order valence-corrected chi connectivity index (χ1v) is 9.40. The Morgan fingerprint density at radius 2 is 1.95 bits per heavy atom. The van der Waals surface area contributed by atoms with E-state index in [2.05, 4.69) is 51.1 Å². The van der Waals surface area contributed by atoms with Gasteiger partial charge < -0.3 is 18.6 Å². The Morgan fingerprint density at radius 1 is 1.32 bits per heavy atom. The fraction of sp³-hybridized carbons (Fsp3) is 0.938. The van der Waals surface area contributed by atoms with Crippen molar-refractivity contribution in [3.05, 3.63) is 11.4 Å². The van der Waals surface area contributed by atoms with Crippen molar-refractivity contribution in [3.63, 3.8) is 0 Å². The summed E-state index contributed by atoms with van der Waals surface area (Å²) in [6.07, 6.45) is 2.32. The van der Waals surface area contributed by atoms with Crippen LogP contribution in [0.25, 0.3) is 4.85 Å². The van der Waals surface area contributed by atoms with Gasteiger partial charge in [0.25, 0.3) is 8.53 Å². The third-order valence-electron chi connectivity index (χ3n) is 3.67. The van der Waals surface area contributed by atoms with E-state index in [1.165, 1.54) is 0 Å². The maximum Gasteiger partial charge on any atom is 0.259 e. The molecule has 0 aromatic heterocycles. The van der Waals surface area contributed by atoms with Crippen LogP contribution in [0.3, 0.4) is 0 Å². The van der Waals surface area contributed by atoms with Crippen LogP contribution in [0.5, 0.6) is 0 Å². The van der Waals surface area contributed by atoms with Gasteiger partial charge in [-0.05, 0) is 41.0 Å². The average molecular weight is 330 g/mol. The molecule has 0 aliphatic carbocycles. The normalized spacial score (nSPS) is 26.8. The standard InChI is InChI=1S/C16H31N2O3P/c1-8-15-16(11-14(6)20-15)21-22(19-10-9-17-7)18(12(2)3)13(4)5/h12-16H,8-11H2,1-6H3/t14-,15+,16+,22?/m0/s1. The number of rotatable bonds is 9.